The number of hydrogen-bond acceptors (Lipinski definition) is 6. The minimum Gasteiger partial charge on any atom is -0.403 e. The summed E-state index contributed by atoms with van der Waals surface area (Å²) < 4.78 is 19.7. The number of nitrogens with zero attached hydrogens (tertiary/aromatic N) is 3. The van der Waals surface area contributed by atoms with Crippen molar-refractivity contribution in [3.8, 4) is 11.5 Å². The lowest BCUT2D eigenvalue weighted by atomic mass is 9.85. The van der Waals surface area contributed by atoms with Crippen molar-refractivity contribution in [3.63, 3.8) is 0 Å². The van der Waals surface area contributed by atoms with Crippen LogP contribution in [0, 0.1) is 11.7 Å². The Morgan fingerprint density at radius 3 is 2.54 bits per heavy atom. The molecule has 186 valence electrons. The fourth-order valence-corrected chi connectivity index (χ4v) is 4.77. The smallest absolute Gasteiger partial charge is 0.315 e. The van der Waals surface area contributed by atoms with E-state index in [4.69, 9.17) is 16.0 Å². The second kappa shape index (κ2) is 11.6. The van der Waals surface area contributed by atoms with Crippen LogP contribution in [0.5, 0.6) is 0 Å². The third-order valence-corrected chi connectivity index (χ3v) is 6.90. The number of nitrogens with one attached hydrogen (secondary N) is 2. The molecule has 0 radical (unpaired) electrons. The maximum atomic E-state index is 13.9. The number of carbonyl (C=O) groups excluding carboxylic acids is 1. The van der Waals surface area contributed by atoms with Crippen LogP contribution < -0.4 is 10.6 Å². The fraction of sp³-hybridized carbons (Fsp3) is 0.423. The van der Waals surface area contributed by atoms with Gasteiger partial charge in [-0.2, -0.15) is 0 Å². The van der Waals surface area contributed by atoms with E-state index in [1.807, 2.05) is 0 Å². The third kappa shape index (κ3) is 6.38. The second-order valence-corrected chi connectivity index (χ2v) is 9.30. The zero-order valence-electron chi connectivity index (χ0n) is 20.1. The molecule has 7 nitrogen and oxygen atoms in total. The molecule has 0 unspecified atom stereocenters. The van der Waals surface area contributed by atoms with Gasteiger partial charge in [0.2, 0.25) is 0 Å². The molecule has 1 aliphatic carbocycles. The number of carbonyl (C=O) groups is 1. The van der Waals surface area contributed by atoms with Crippen molar-refractivity contribution in [2.24, 2.45) is 5.92 Å². The first-order valence-electron chi connectivity index (χ1n) is 12.1. The number of amides is 1. The summed E-state index contributed by atoms with van der Waals surface area (Å²) in [5, 5.41) is 14.6. The molecule has 0 spiro atoms. The van der Waals surface area contributed by atoms with Crippen molar-refractivity contribution in [1.29, 1.82) is 0 Å². The Bertz CT molecular complexity index is 1140. The Hall–Kier alpha value is -2.97. The number of hydrogen-bond donors (Lipinski definition) is 2. The number of aromatic nitrogens is 2. The van der Waals surface area contributed by atoms with Crippen LogP contribution >= 0.6 is 11.6 Å². The summed E-state index contributed by atoms with van der Waals surface area (Å²) >= 11 is 6.43. The van der Waals surface area contributed by atoms with Gasteiger partial charge in [-0.15, -0.1) is 5.10 Å². The van der Waals surface area contributed by atoms with E-state index in [0.717, 1.165) is 31.8 Å². The zero-order chi connectivity index (χ0) is 24.8. The number of anilines is 2. The molecule has 1 fully saturated rings. The lowest BCUT2D eigenvalue weighted by molar-refractivity contribution is 0.102. The monoisotopic (exact) mass is 499 g/mol. The highest BCUT2D eigenvalue weighted by Crippen LogP contribution is 2.32. The molecule has 9 heteroatoms. The van der Waals surface area contributed by atoms with E-state index in [-0.39, 0.29) is 5.56 Å². The predicted octanol–water partition coefficient (Wildman–Crippen LogP) is 6.09. The first-order chi connectivity index (χ1) is 17.0. The Labute approximate surface area is 210 Å². The minimum atomic E-state index is -0.587. The van der Waals surface area contributed by atoms with Crippen LogP contribution in [-0.2, 0) is 0 Å². The van der Waals surface area contributed by atoms with Gasteiger partial charge in [-0.05, 0) is 75.0 Å². The van der Waals surface area contributed by atoms with Crippen molar-refractivity contribution in [2.75, 3.05) is 30.3 Å². The average molecular weight is 500 g/mol. The van der Waals surface area contributed by atoms with Crippen LogP contribution in [0.15, 0.2) is 46.9 Å². The van der Waals surface area contributed by atoms with Gasteiger partial charge >= 0.3 is 6.01 Å². The lowest BCUT2D eigenvalue weighted by Crippen LogP contribution is -2.34. The molecule has 1 saturated carbocycles. The standard InChI is InChI=1S/C26H31ClFN5O2/c1-3-33(4-2)16-17-9-11-18(12-10-17)30-26-32-31-25(35-26)20-14-13-19(15-22(20)27)29-24(34)21-7-5-6-8-23(21)28/h5-8,13-15,17-18H,3-4,9-12,16H2,1-2H3,(H,29,34)(H,30,32). The summed E-state index contributed by atoms with van der Waals surface area (Å²) in [5.41, 5.74) is 0.952. The SMILES string of the molecule is CCN(CC)CC1CCC(Nc2nnc(-c3ccc(NC(=O)c4ccccc4F)cc3Cl)o2)CC1. The normalized spacial score (nSPS) is 18.0. The van der Waals surface area contributed by atoms with Gasteiger partial charge in [0.25, 0.3) is 11.8 Å². The maximum absolute atomic E-state index is 13.9. The second-order valence-electron chi connectivity index (χ2n) is 8.89. The fourth-order valence-electron chi connectivity index (χ4n) is 4.51. The summed E-state index contributed by atoms with van der Waals surface area (Å²) in [5.74, 6) is -0.110. The van der Waals surface area contributed by atoms with Gasteiger partial charge in [0.05, 0.1) is 16.1 Å². The lowest BCUT2D eigenvalue weighted by Gasteiger charge is -2.31. The highest BCUT2D eigenvalue weighted by atomic mass is 35.5. The van der Waals surface area contributed by atoms with Gasteiger partial charge in [-0.25, -0.2) is 4.39 Å². The molecular weight excluding hydrogens is 469 g/mol. The van der Waals surface area contributed by atoms with Crippen LogP contribution in [0.4, 0.5) is 16.1 Å². The molecule has 1 aliphatic rings. The molecule has 1 heterocycles. The van der Waals surface area contributed by atoms with Gasteiger partial charge in [0, 0.05) is 18.3 Å². The molecule has 1 aromatic heterocycles. The molecule has 3 aromatic rings. The molecule has 4 rings (SSSR count). The summed E-state index contributed by atoms with van der Waals surface area (Å²) in [4.78, 5) is 14.8. The predicted molar refractivity (Wildman–Crippen MR) is 136 cm³/mol. The molecule has 0 aliphatic heterocycles. The molecule has 2 N–H and O–H groups in total. The highest BCUT2D eigenvalue weighted by Gasteiger charge is 2.24. The molecule has 35 heavy (non-hydrogen) atoms. The van der Waals surface area contributed by atoms with Crippen molar-refractivity contribution >= 4 is 29.2 Å². The third-order valence-electron chi connectivity index (χ3n) is 6.59. The largest absolute Gasteiger partial charge is 0.403 e. The maximum Gasteiger partial charge on any atom is 0.315 e. The van der Waals surface area contributed by atoms with Crippen LogP contribution in [0.1, 0.15) is 49.9 Å². The van der Waals surface area contributed by atoms with Crippen LogP contribution in [0.3, 0.4) is 0 Å². The first-order valence-corrected chi connectivity index (χ1v) is 12.5. The Morgan fingerprint density at radius 2 is 1.86 bits per heavy atom. The van der Waals surface area contributed by atoms with Crippen molar-refractivity contribution in [3.05, 3.63) is 58.9 Å². The van der Waals surface area contributed by atoms with Gasteiger partial charge in [0.1, 0.15) is 5.82 Å². The minimum absolute atomic E-state index is 0.0394. The van der Waals surface area contributed by atoms with Gasteiger partial charge in [0.15, 0.2) is 0 Å². The summed E-state index contributed by atoms with van der Waals surface area (Å²) in [6, 6.07) is 11.4. The van der Waals surface area contributed by atoms with Gasteiger partial charge < -0.3 is 20.0 Å². The summed E-state index contributed by atoms with van der Waals surface area (Å²) in [6.07, 6.45) is 4.50. The first kappa shape index (κ1) is 25.1. The van der Waals surface area contributed by atoms with E-state index in [9.17, 15) is 9.18 Å². The van der Waals surface area contributed by atoms with Crippen LogP contribution in [0.25, 0.3) is 11.5 Å². The van der Waals surface area contributed by atoms with Crippen molar-refractivity contribution in [2.45, 2.75) is 45.6 Å². The Kier molecular flexibility index (Phi) is 8.36. The quantitative estimate of drug-likeness (QED) is 0.370. The molecule has 2 aromatic carbocycles. The summed E-state index contributed by atoms with van der Waals surface area (Å²) in [6.45, 7) is 7.79. The Balaban J connectivity index is 1.34. The molecular formula is C26H31ClFN5O2. The van der Waals surface area contributed by atoms with Gasteiger partial charge in [-0.3, -0.25) is 4.79 Å². The van der Waals surface area contributed by atoms with Crippen LogP contribution in [0.2, 0.25) is 5.02 Å². The summed E-state index contributed by atoms with van der Waals surface area (Å²) in [7, 11) is 0. The molecule has 0 bridgehead atoms. The zero-order valence-corrected chi connectivity index (χ0v) is 20.8. The topological polar surface area (TPSA) is 83.3 Å². The van der Waals surface area contributed by atoms with Crippen molar-refractivity contribution in [1.82, 2.24) is 15.1 Å². The van der Waals surface area contributed by atoms with E-state index in [2.05, 4.69) is 39.6 Å². The number of benzene rings is 2. The van der Waals surface area contributed by atoms with Crippen LogP contribution in [-0.4, -0.2) is 46.7 Å². The Morgan fingerprint density at radius 1 is 1.11 bits per heavy atom. The molecule has 0 saturated heterocycles. The highest BCUT2D eigenvalue weighted by molar-refractivity contribution is 6.33. The van der Waals surface area contributed by atoms with E-state index >= 15 is 0 Å². The van der Waals surface area contributed by atoms with Crippen molar-refractivity contribution < 1.29 is 13.6 Å². The van der Waals surface area contributed by atoms with E-state index in [1.54, 1.807) is 24.3 Å². The van der Waals surface area contributed by atoms with E-state index in [0.29, 0.717) is 34.2 Å². The number of rotatable bonds is 9. The van der Waals surface area contributed by atoms with E-state index in [1.165, 1.54) is 37.6 Å². The molecule has 0 atom stereocenters. The van der Waals surface area contributed by atoms with E-state index < -0.39 is 11.7 Å². The average Bonchev–Trinajstić information content (AvgIpc) is 3.32. The number of halogens is 2. The molecule has 1 amide bonds. The van der Waals surface area contributed by atoms with Gasteiger partial charge in [-0.1, -0.05) is 42.7 Å².